The Balaban J connectivity index is 1.90. The molecule has 2 aromatic carbocycles. The van der Waals surface area contributed by atoms with E-state index in [2.05, 4.69) is 11.1 Å². The molecule has 1 amide bonds. The van der Waals surface area contributed by atoms with Crippen LogP contribution in [0.2, 0.25) is 0 Å². The standard InChI is InChI=1S/C20H19FN2OS/c1-4-23(18-10-5-13(2)11-14(18)3)20(24)17-12-25-19(22-17)15-6-8-16(21)9-7-15/h5-12H,4H2,1-3H3. The summed E-state index contributed by atoms with van der Waals surface area (Å²) in [6.45, 7) is 6.55. The summed E-state index contributed by atoms with van der Waals surface area (Å²) < 4.78 is 13.1. The van der Waals surface area contributed by atoms with Crippen LogP contribution in [0.3, 0.4) is 0 Å². The number of hydrogen-bond acceptors (Lipinski definition) is 3. The number of carbonyl (C=O) groups excluding carboxylic acids is 1. The first-order chi connectivity index (χ1) is 12.0. The van der Waals surface area contributed by atoms with E-state index in [-0.39, 0.29) is 11.7 Å². The molecule has 0 atom stereocenters. The number of hydrogen-bond donors (Lipinski definition) is 0. The second-order valence-corrected chi connectivity index (χ2v) is 6.74. The molecule has 1 heterocycles. The van der Waals surface area contributed by atoms with E-state index in [1.165, 1.54) is 23.5 Å². The Kier molecular flexibility index (Phi) is 4.95. The van der Waals surface area contributed by atoms with Gasteiger partial charge in [-0.2, -0.15) is 0 Å². The van der Waals surface area contributed by atoms with Gasteiger partial charge >= 0.3 is 0 Å². The first-order valence-electron chi connectivity index (χ1n) is 8.10. The summed E-state index contributed by atoms with van der Waals surface area (Å²) in [7, 11) is 0. The van der Waals surface area contributed by atoms with Gasteiger partial charge in [0, 0.05) is 23.2 Å². The zero-order valence-electron chi connectivity index (χ0n) is 14.4. The van der Waals surface area contributed by atoms with E-state index in [1.807, 2.05) is 32.9 Å². The summed E-state index contributed by atoms with van der Waals surface area (Å²) in [5.41, 5.74) is 4.33. The molecule has 0 N–H and O–H groups in total. The van der Waals surface area contributed by atoms with Crippen LogP contribution < -0.4 is 4.90 Å². The molecule has 0 saturated heterocycles. The van der Waals surface area contributed by atoms with Crippen molar-refractivity contribution in [1.29, 1.82) is 0 Å². The van der Waals surface area contributed by atoms with Crippen molar-refractivity contribution in [2.45, 2.75) is 20.8 Å². The van der Waals surface area contributed by atoms with Crippen LogP contribution >= 0.6 is 11.3 Å². The van der Waals surface area contributed by atoms with Gasteiger partial charge in [-0.15, -0.1) is 11.3 Å². The third kappa shape index (κ3) is 3.61. The maximum atomic E-state index is 13.1. The Bertz CT molecular complexity index is 902. The van der Waals surface area contributed by atoms with Crippen LogP contribution in [-0.2, 0) is 0 Å². The first-order valence-corrected chi connectivity index (χ1v) is 8.98. The van der Waals surface area contributed by atoms with Crippen molar-refractivity contribution >= 4 is 22.9 Å². The molecular weight excluding hydrogens is 335 g/mol. The van der Waals surface area contributed by atoms with Crippen molar-refractivity contribution in [3.63, 3.8) is 0 Å². The number of carbonyl (C=O) groups is 1. The summed E-state index contributed by atoms with van der Waals surface area (Å²) in [5, 5.41) is 2.47. The molecule has 0 radical (unpaired) electrons. The van der Waals surface area contributed by atoms with Gasteiger partial charge in [-0.1, -0.05) is 17.7 Å². The lowest BCUT2D eigenvalue weighted by Gasteiger charge is -2.22. The number of nitrogens with zero attached hydrogens (tertiary/aromatic N) is 2. The van der Waals surface area contributed by atoms with Gasteiger partial charge in [0.1, 0.15) is 16.5 Å². The molecule has 0 saturated carbocycles. The molecule has 128 valence electrons. The third-order valence-electron chi connectivity index (χ3n) is 4.02. The Hall–Kier alpha value is -2.53. The van der Waals surface area contributed by atoms with Crippen molar-refractivity contribution in [3.8, 4) is 10.6 Å². The number of thiazole rings is 1. The summed E-state index contributed by atoms with van der Waals surface area (Å²) in [6.07, 6.45) is 0. The summed E-state index contributed by atoms with van der Waals surface area (Å²) in [4.78, 5) is 19.1. The number of aromatic nitrogens is 1. The Morgan fingerprint density at radius 1 is 1.16 bits per heavy atom. The highest BCUT2D eigenvalue weighted by Gasteiger charge is 2.20. The summed E-state index contributed by atoms with van der Waals surface area (Å²) in [5.74, 6) is -0.414. The van der Waals surface area contributed by atoms with E-state index in [0.717, 1.165) is 22.4 Å². The molecule has 3 rings (SSSR count). The van der Waals surface area contributed by atoms with Crippen LogP contribution in [0.25, 0.3) is 10.6 Å². The van der Waals surface area contributed by atoms with E-state index in [0.29, 0.717) is 17.2 Å². The number of aryl methyl sites for hydroxylation is 2. The maximum Gasteiger partial charge on any atom is 0.277 e. The topological polar surface area (TPSA) is 33.2 Å². The van der Waals surface area contributed by atoms with Crippen LogP contribution in [0.1, 0.15) is 28.5 Å². The van der Waals surface area contributed by atoms with Crippen LogP contribution in [0.15, 0.2) is 47.8 Å². The fraction of sp³-hybridized carbons (Fsp3) is 0.200. The molecule has 3 aromatic rings. The molecule has 0 aliphatic rings. The van der Waals surface area contributed by atoms with Crippen molar-refractivity contribution in [2.24, 2.45) is 0 Å². The van der Waals surface area contributed by atoms with E-state index >= 15 is 0 Å². The lowest BCUT2D eigenvalue weighted by molar-refractivity contribution is 0.0984. The number of halogens is 1. The second kappa shape index (κ2) is 7.15. The molecular formula is C20H19FN2OS. The molecule has 25 heavy (non-hydrogen) atoms. The van der Waals surface area contributed by atoms with E-state index in [9.17, 15) is 9.18 Å². The molecule has 0 unspecified atom stereocenters. The Labute approximate surface area is 150 Å². The number of amides is 1. The number of benzene rings is 2. The molecule has 0 aliphatic heterocycles. The van der Waals surface area contributed by atoms with Gasteiger partial charge < -0.3 is 4.90 Å². The molecule has 0 fully saturated rings. The van der Waals surface area contributed by atoms with Gasteiger partial charge in [0.2, 0.25) is 0 Å². The van der Waals surface area contributed by atoms with Gasteiger partial charge in [-0.25, -0.2) is 9.37 Å². The van der Waals surface area contributed by atoms with E-state index in [4.69, 9.17) is 0 Å². The third-order valence-corrected chi connectivity index (χ3v) is 4.91. The molecule has 3 nitrogen and oxygen atoms in total. The van der Waals surface area contributed by atoms with E-state index < -0.39 is 0 Å². The average molecular weight is 354 g/mol. The fourth-order valence-electron chi connectivity index (χ4n) is 2.77. The normalized spacial score (nSPS) is 10.7. The van der Waals surface area contributed by atoms with Gasteiger partial charge in [0.25, 0.3) is 5.91 Å². The van der Waals surface area contributed by atoms with Gasteiger partial charge in [-0.3, -0.25) is 4.79 Å². The van der Waals surface area contributed by atoms with Crippen molar-refractivity contribution in [1.82, 2.24) is 4.98 Å². The predicted octanol–water partition coefficient (Wildman–Crippen LogP) is 5.23. The summed E-state index contributed by atoms with van der Waals surface area (Å²) >= 11 is 1.39. The summed E-state index contributed by atoms with van der Waals surface area (Å²) in [6, 6.07) is 12.2. The monoisotopic (exact) mass is 354 g/mol. The average Bonchev–Trinajstić information content (AvgIpc) is 3.08. The zero-order valence-corrected chi connectivity index (χ0v) is 15.2. The quantitative estimate of drug-likeness (QED) is 0.642. The largest absolute Gasteiger partial charge is 0.307 e. The van der Waals surface area contributed by atoms with Crippen molar-refractivity contribution < 1.29 is 9.18 Å². The van der Waals surface area contributed by atoms with Crippen LogP contribution in [0.5, 0.6) is 0 Å². The highest BCUT2D eigenvalue weighted by atomic mass is 32.1. The highest BCUT2D eigenvalue weighted by molar-refractivity contribution is 7.13. The molecule has 0 spiro atoms. The molecule has 1 aromatic heterocycles. The second-order valence-electron chi connectivity index (χ2n) is 5.88. The van der Waals surface area contributed by atoms with Gasteiger partial charge in [0.05, 0.1) is 0 Å². The minimum Gasteiger partial charge on any atom is -0.307 e. The first kappa shape index (κ1) is 17.3. The minimum absolute atomic E-state index is 0.126. The number of anilines is 1. The van der Waals surface area contributed by atoms with Gasteiger partial charge in [-0.05, 0) is 56.7 Å². The van der Waals surface area contributed by atoms with Crippen molar-refractivity contribution in [3.05, 3.63) is 70.5 Å². The predicted molar refractivity (Wildman–Crippen MR) is 101 cm³/mol. The van der Waals surface area contributed by atoms with E-state index in [1.54, 1.807) is 22.4 Å². The SMILES string of the molecule is CCN(C(=O)c1csc(-c2ccc(F)cc2)n1)c1ccc(C)cc1C. The van der Waals surface area contributed by atoms with Crippen LogP contribution in [-0.4, -0.2) is 17.4 Å². The smallest absolute Gasteiger partial charge is 0.277 e. The van der Waals surface area contributed by atoms with Crippen molar-refractivity contribution in [2.75, 3.05) is 11.4 Å². The highest BCUT2D eigenvalue weighted by Crippen LogP contribution is 2.27. The Morgan fingerprint density at radius 3 is 2.52 bits per heavy atom. The van der Waals surface area contributed by atoms with Crippen LogP contribution in [0, 0.1) is 19.7 Å². The lowest BCUT2D eigenvalue weighted by atomic mass is 10.1. The van der Waals surface area contributed by atoms with Crippen LogP contribution in [0.4, 0.5) is 10.1 Å². The molecule has 0 aliphatic carbocycles. The Morgan fingerprint density at radius 2 is 1.88 bits per heavy atom. The minimum atomic E-state index is -0.288. The fourth-order valence-corrected chi connectivity index (χ4v) is 3.57. The van der Waals surface area contributed by atoms with Gasteiger partial charge in [0.15, 0.2) is 0 Å². The molecule has 0 bridgehead atoms. The molecule has 5 heteroatoms. The lowest BCUT2D eigenvalue weighted by Crippen LogP contribution is -2.31. The maximum absolute atomic E-state index is 13.1. The number of rotatable bonds is 4. The zero-order chi connectivity index (χ0) is 18.0.